The summed E-state index contributed by atoms with van der Waals surface area (Å²) >= 11 is 0. The molecule has 1 aliphatic carbocycles. The van der Waals surface area contributed by atoms with Crippen molar-refractivity contribution < 1.29 is 19.4 Å². The van der Waals surface area contributed by atoms with Gasteiger partial charge in [0.2, 0.25) is 0 Å². The first kappa shape index (κ1) is 12.2. The molecule has 17 heavy (non-hydrogen) atoms. The van der Waals surface area contributed by atoms with Crippen molar-refractivity contribution in [3.05, 3.63) is 0 Å². The van der Waals surface area contributed by atoms with Gasteiger partial charge in [-0.15, -0.1) is 0 Å². The van der Waals surface area contributed by atoms with Crippen LogP contribution in [0.4, 0.5) is 4.79 Å². The van der Waals surface area contributed by atoms with Gasteiger partial charge in [0, 0.05) is 6.54 Å². The van der Waals surface area contributed by atoms with Crippen LogP contribution in [0.5, 0.6) is 0 Å². The van der Waals surface area contributed by atoms with Crippen LogP contribution in [0.25, 0.3) is 0 Å². The Hall–Kier alpha value is -1.26. The second-order valence-electron chi connectivity index (χ2n) is 5.92. The number of hydrogen-bond donors (Lipinski definition) is 1. The molecule has 1 aliphatic heterocycles. The van der Waals surface area contributed by atoms with Crippen molar-refractivity contribution in [3.8, 4) is 0 Å². The molecular formula is C12H19NO4. The lowest BCUT2D eigenvalue weighted by molar-refractivity contribution is -0.144. The van der Waals surface area contributed by atoms with Crippen LogP contribution in [0.1, 0.15) is 33.6 Å². The number of fused-ring (bicyclic) bond motifs is 1. The smallest absolute Gasteiger partial charge is 0.411 e. The summed E-state index contributed by atoms with van der Waals surface area (Å²) in [5.74, 6) is -0.438. The van der Waals surface area contributed by atoms with Crippen molar-refractivity contribution >= 4 is 12.1 Å². The third kappa shape index (κ3) is 2.23. The molecule has 0 spiro atoms. The van der Waals surface area contributed by atoms with Crippen molar-refractivity contribution in [2.45, 2.75) is 45.3 Å². The second-order valence-corrected chi connectivity index (χ2v) is 5.92. The van der Waals surface area contributed by atoms with E-state index in [1.165, 1.54) is 4.90 Å². The number of nitrogens with zero attached hydrogens (tertiary/aromatic N) is 1. The average molecular weight is 241 g/mol. The molecule has 1 saturated carbocycles. The molecular weight excluding hydrogens is 222 g/mol. The predicted molar refractivity (Wildman–Crippen MR) is 60.6 cm³/mol. The highest BCUT2D eigenvalue weighted by molar-refractivity contribution is 5.81. The van der Waals surface area contributed by atoms with Crippen LogP contribution < -0.4 is 0 Å². The van der Waals surface area contributed by atoms with Gasteiger partial charge in [-0.2, -0.15) is 0 Å². The summed E-state index contributed by atoms with van der Waals surface area (Å²) in [6.07, 6.45) is 1.42. The molecule has 0 bridgehead atoms. The molecule has 1 saturated heterocycles. The van der Waals surface area contributed by atoms with E-state index in [1.54, 1.807) is 20.8 Å². The van der Waals surface area contributed by atoms with Crippen LogP contribution in [0.15, 0.2) is 0 Å². The summed E-state index contributed by atoms with van der Waals surface area (Å²) < 4.78 is 5.25. The molecule has 5 nitrogen and oxygen atoms in total. The van der Waals surface area contributed by atoms with E-state index in [4.69, 9.17) is 4.74 Å². The minimum atomic E-state index is -0.914. The Morgan fingerprint density at radius 3 is 2.35 bits per heavy atom. The van der Waals surface area contributed by atoms with E-state index in [1.807, 2.05) is 0 Å². The molecule has 3 atom stereocenters. The van der Waals surface area contributed by atoms with Crippen molar-refractivity contribution in [1.82, 2.24) is 4.90 Å². The number of rotatable bonds is 1. The SMILES string of the molecule is CC(C)(C)OC(=O)N1C[C@H]2CC[C@H]2[C@H]1C(=O)O. The Bertz CT molecular complexity index is 347. The standard InChI is InChI=1S/C12H19NO4/c1-12(2,3)17-11(16)13-6-7-4-5-8(7)9(13)10(14)15/h7-9H,4-6H2,1-3H3,(H,14,15)/t7-,8-,9+/m1/s1. The summed E-state index contributed by atoms with van der Waals surface area (Å²) in [6, 6.07) is -0.691. The van der Waals surface area contributed by atoms with Gasteiger partial charge in [-0.3, -0.25) is 4.90 Å². The molecule has 96 valence electrons. The first-order chi connectivity index (χ1) is 7.79. The molecule has 2 aliphatic rings. The number of hydrogen-bond acceptors (Lipinski definition) is 3. The lowest BCUT2D eigenvalue weighted by Gasteiger charge is -2.31. The van der Waals surface area contributed by atoms with E-state index in [-0.39, 0.29) is 5.92 Å². The summed E-state index contributed by atoms with van der Waals surface area (Å²) in [5.41, 5.74) is -0.582. The van der Waals surface area contributed by atoms with Gasteiger partial charge in [-0.1, -0.05) is 0 Å². The zero-order chi connectivity index (χ0) is 12.8. The van der Waals surface area contributed by atoms with Crippen LogP contribution in [-0.2, 0) is 9.53 Å². The third-order valence-electron chi connectivity index (χ3n) is 3.53. The van der Waals surface area contributed by atoms with E-state index >= 15 is 0 Å². The molecule has 1 amide bonds. The highest BCUT2D eigenvalue weighted by atomic mass is 16.6. The molecule has 0 aromatic rings. The van der Waals surface area contributed by atoms with Crippen molar-refractivity contribution in [2.75, 3.05) is 6.54 Å². The van der Waals surface area contributed by atoms with Crippen LogP contribution >= 0.6 is 0 Å². The summed E-state index contributed by atoms with van der Waals surface area (Å²) in [4.78, 5) is 24.5. The van der Waals surface area contributed by atoms with E-state index in [0.29, 0.717) is 12.5 Å². The second kappa shape index (κ2) is 3.89. The Kier molecular flexibility index (Phi) is 2.79. The molecule has 2 rings (SSSR count). The molecule has 0 unspecified atom stereocenters. The first-order valence-electron chi connectivity index (χ1n) is 6.02. The molecule has 1 heterocycles. The number of likely N-dealkylation sites (tertiary alicyclic amines) is 1. The molecule has 5 heteroatoms. The number of carbonyl (C=O) groups is 2. The van der Waals surface area contributed by atoms with Gasteiger partial charge in [-0.25, -0.2) is 9.59 Å². The summed E-state index contributed by atoms with van der Waals surface area (Å²) in [6.45, 7) is 5.87. The largest absolute Gasteiger partial charge is 0.480 e. The van der Waals surface area contributed by atoms with Crippen molar-refractivity contribution in [3.63, 3.8) is 0 Å². The molecule has 1 N–H and O–H groups in total. The van der Waals surface area contributed by atoms with Gasteiger partial charge in [0.1, 0.15) is 11.6 Å². The van der Waals surface area contributed by atoms with Crippen molar-refractivity contribution in [2.24, 2.45) is 11.8 Å². The van der Waals surface area contributed by atoms with E-state index in [0.717, 1.165) is 12.8 Å². The number of aliphatic carboxylic acids is 1. The Morgan fingerprint density at radius 1 is 1.29 bits per heavy atom. The fourth-order valence-corrected chi connectivity index (χ4v) is 2.66. The number of carboxylic acid groups (broad SMARTS) is 1. The fourth-order valence-electron chi connectivity index (χ4n) is 2.66. The van der Waals surface area contributed by atoms with E-state index in [9.17, 15) is 14.7 Å². The maximum atomic E-state index is 11.9. The van der Waals surface area contributed by atoms with Gasteiger partial charge in [0.25, 0.3) is 0 Å². The van der Waals surface area contributed by atoms with Gasteiger partial charge < -0.3 is 9.84 Å². The van der Waals surface area contributed by atoms with E-state index in [2.05, 4.69) is 0 Å². The quantitative estimate of drug-likeness (QED) is 0.759. The van der Waals surface area contributed by atoms with Crippen LogP contribution in [0.2, 0.25) is 0 Å². The Balaban J connectivity index is 2.09. The summed E-state index contributed by atoms with van der Waals surface area (Å²) in [7, 11) is 0. The summed E-state index contributed by atoms with van der Waals surface area (Å²) in [5, 5.41) is 9.20. The van der Waals surface area contributed by atoms with Crippen LogP contribution in [0, 0.1) is 11.8 Å². The maximum Gasteiger partial charge on any atom is 0.411 e. The molecule has 2 fully saturated rings. The van der Waals surface area contributed by atoms with Crippen LogP contribution in [0.3, 0.4) is 0 Å². The van der Waals surface area contributed by atoms with Gasteiger partial charge in [0.15, 0.2) is 0 Å². The first-order valence-corrected chi connectivity index (χ1v) is 6.02. The molecule has 0 radical (unpaired) electrons. The maximum absolute atomic E-state index is 11.9. The van der Waals surface area contributed by atoms with Crippen molar-refractivity contribution in [1.29, 1.82) is 0 Å². The molecule has 0 aromatic carbocycles. The zero-order valence-electron chi connectivity index (χ0n) is 10.5. The minimum Gasteiger partial charge on any atom is -0.480 e. The van der Waals surface area contributed by atoms with Gasteiger partial charge in [-0.05, 0) is 45.4 Å². The average Bonchev–Trinajstić information content (AvgIpc) is 2.35. The molecule has 0 aromatic heterocycles. The topological polar surface area (TPSA) is 66.8 Å². The lowest BCUT2D eigenvalue weighted by Crippen LogP contribution is -2.45. The number of carbonyl (C=O) groups excluding carboxylic acids is 1. The monoisotopic (exact) mass is 241 g/mol. The van der Waals surface area contributed by atoms with Crippen LogP contribution in [-0.4, -0.2) is 40.3 Å². The third-order valence-corrected chi connectivity index (χ3v) is 3.53. The highest BCUT2D eigenvalue weighted by Crippen LogP contribution is 2.45. The normalized spacial score (nSPS) is 31.7. The minimum absolute atomic E-state index is 0.125. The van der Waals surface area contributed by atoms with Gasteiger partial charge in [0.05, 0.1) is 0 Å². The van der Waals surface area contributed by atoms with Gasteiger partial charge >= 0.3 is 12.1 Å². The Labute approximate surface area is 101 Å². The highest BCUT2D eigenvalue weighted by Gasteiger charge is 2.52. The number of amides is 1. The number of carboxylic acids is 1. The lowest BCUT2D eigenvalue weighted by atomic mass is 9.73. The Morgan fingerprint density at radius 2 is 1.94 bits per heavy atom. The fraction of sp³-hybridized carbons (Fsp3) is 0.833. The number of ether oxygens (including phenoxy) is 1. The predicted octanol–water partition coefficient (Wildman–Crippen LogP) is 1.72. The zero-order valence-corrected chi connectivity index (χ0v) is 10.5. The van der Waals surface area contributed by atoms with E-state index < -0.39 is 23.7 Å².